The molecule has 0 fully saturated rings. The smallest absolute Gasteiger partial charge is 0.384 e. The molecule has 1 unspecified atom stereocenters. The van der Waals surface area contributed by atoms with E-state index in [-0.39, 0.29) is 0 Å². The second-order valence-corrected chi connectivity index (χ2v) is 4.53. The lowest BCUT2D eigenvalue weighted by Gasteiger charge is -2.20. The average molecular weight is 277 g/mol. The number of rotatable bonds is 7. The van der Waals surface area contributed by atoms with Gasteiger partial charge in [0.2, 0.25) is 0 Å². The van der Waals surface area contributed by atoms with Crippen LogP contribution in [0.2, 0.25) is 0 Å². The van der Waals surface area contributed by atoms with Gasteiger partial charge in [0.05, 0.1) is 17.9 Å². The second-order valence-electron chi connectivity index (χ2n) is 3.22. The summed E-state index contributed by atoms with van der Waals surface area (Å²) < 4.78 is 65.3. The highest BCUT2D eigenvalue weighted by atomic mass is 32.2. The maximum absolute atomic E-state index is 12.5. The van der Waals surface area contributed by atoms with Gasteiger partial charge in [-0.25, -0.2) is 0 Å². The first-order valence-electron chi connectivity index (χ1n) is 4.69. The molecule has 0 aliphatic heterocycles. The van der Waals surface area contributed by atoms with Crippen molar-refractivity contribution < 1.29 is 26.7 Å². The number of thioether (sulfide) groups is 1. The normalized spacial score (nSPS) is 14.4. The van der Waals surface area contributed by atoms with Gasteiger partial charge in [0, 0.05) is 19.3 Å². The highest BCUT2D eigenvalue weighted by molar-refractivity contribution is 8.00. The van der Waals surface area contributed by atoms with E-state index in [0.717, 1.165) is 11.8 Å². The summed E-state index contributed by atoms with van der Waals surface area (Å²) in [5.41, 5.74) is 0. The maximum atomic E-state index is 12.5. The zero-order chi connectivity index (χ0) is 13.5. The molecule has 0 aromatic carbocycles. The van der Waals surface area contributed by atoms with E-state index in [1.54, 1.807) is 6.07 Å². The number of hydrogen-bond acceptors (Lipinski definition) is 3. The van der Waals surface area contributed by atoms with Crippen molar-refractivity contribution in [2.24, 2.45) is 0 Å². The molecule has 0 aromatic heterocycles. The van der Waals surface area contributed by atoms with Crippen LogP contribution in [0.15, 0.2) is 0 Å². The summed E-state index contributed by atoms with van der Waals surface area (Å²) in [4.78, 5) is 0. The quantitative estimate of drug-likeness (QED) is 0.529. The number of methoxy groups -OCH3 is 1. The molecule has 0 saturated carbocycles. The predicted molar refractivity (Wildman–Crippen MR) is 54.0 cm³/mol. The largest absolute Gasteiger partial charge is 0.453 e. The van der Waals surface area contributed by atoms with E-state index >= 15 is 0 Å². The van der Waals surface area contributed by atoms with Crippen molar-refractivity contribution in [1.82, 2.24) is 0 Å². The maximum Gasteiger partial charge on any atom is 0.453 e. The number of ether oxygens (including phenoxy) is 1. The third kappa shape index (κ3) is 6.07. The van der Waals surface area contributed by atoms with E-state index in [9.17, 15) is 22.0 Å². The first kappa shape index (κ1) is 16.4. The zero-order valence-corrected chi connectivity index (χ0v) is 9.88. The summed E-state index contributed by atoms with van der Waals surface area (Å²) in [6.07, 6.45) is -7.42. The fourth-order valence-electron chi connectivity index (χ4n) is 0.913. The van der Waals surface area contributed by atoms with Crippen molar-refractivity contribution in [3.05, 3.63) is 0 Å². The van der Waals surface area contributed by atoms with Gasteiger partial charge in [0.1, 0.15) is 0 Å². The van der Waals surface area contributed by atoms with Crippen molar-refractivity contribution in [2.45, 2.75) is 30.2 Å². The van der Waals surface area contributed by atoms with Crippen molar-refractivity contribution in [3.8, 4) is 6.07 Å². The van der Waals surface area contributed by atoms with E-state index in [0.29, 0.717) is 12.4 Å². The summed E-state index contributed by atoms with van der Waals surface area (Å²) in [6, 6.07) is 1.69. The first-order valence-corrected chi connectivity index (χ1v) is 5.74. The van der Waals surface area contributed by atoms with E-state index in [2.05, 4.69) is 4.74 Å². The number of halogens is 5. The Hall–Kier alpha value is -0.550. The monoisotopic (exact) mass is 277 g/mol. The minimum atomic E-state index is -5.55. The van der Waals surface area contributed by atoms with Crippen LogP contribution >= 0.6 is 11.8 Å². The van der Waals surface area contributed by atoms with Gasteiger partial charge >= 0.3 is 12.1 Å². The number of nitrogens with zero attached hydrogens (tertiary/aromatic N) is 1. The Morgan fingerprint density at radius 3 is 2.29 bits per heavy atom. The van der Waals surface area contributed by atoms with Crippen LogP contribution in [-0.4, -0.2) is 36.8 Å². The van der Waals surface area contributed by atoms with Gasteiger partial charge in [-0.2, -0.15) is 27.2 Å². The molecular formula is C9H12F5NOS. The lowest BCUT2D eigenvalue weighted by molar-refractivity contribution is -0.284. The van der Waals surface area contributed by atoms with Gasteiger partial charge in [-0.3, -0.25) is 0 Å². The average Bonchev–Trinajstić information content (AvgIpc) is 2.21. The SMILES string of the molecule is COCCSC(C#N)CCC(F)(F)C(F)(F)F. The molecule has 0 heterocycles. The number of alkyl halides is 5. The standard InChI is InChI=1S/C9H12F5NOS/c1-16-4-5-17-7(6-15)2-3-8(10,11)9(12,13)14/h7H,2-5H2,1H3. The Morgan fingerprint density at radius 2 is 1.88 bits per heavy atom. The molecule has 0 saturated heterocycles. The third-order valence-corrected chi connectivity index (χ3v) is 3.03. The Balaban J connectivity index is 4.11. The Bertz CT molecular complexity index is 263. The Labute approximate surface area is 100 Å². The summed E-state index contributed by atoms with van der Waals surface area (Å²) in [7, 11) is 1.43. The molecular weight excluding hydrogens is 265 g/mol. The fourth-order valence-corrected chi connectivity index (χ4v) is 1.82. The van der Waals surface area contributed by atoms with Gasteiger partial charge in [-0.1, -0.05) is 0 Å². The molecule has 0 bridgehead atoms. The third-order valence-electron chi connectivity index (χ3n) is 1.89. The highest BCUT2D eigenvalue weighted by Crippen LogP contribution is 2.39. The molecule has 0 aliphatic rings. The van der Waals surface area contributed by atoms with Crippen LogP contribution in [0.5, 0.6) is 0 Å². The van der Waals surface area contributed by atoms with E-state index in [1.165, 1.54) is 7.11 Å². The number of hydrogen-bond donors (Lipinski definition) is 0. The van der Waals surface area contributed by atoms with Crippen LogP contribution in [0.4, 0.5) is 22.0 Å². The molecule has 0 rings (SSSR count). The van der Waals surface area contributed by atoms with Crippen molar-refractivity contribution in [3.63, 3.8) is 0 Å². The summed E-state index contributed by atoms with van der Waals surface area (Å²) >= 11 is 1.01. The van der Waals surface area contributed by atoms with E-state index < -0.39 is 30.2 Å². The van der Waals surface area contributed by atoms with Crippen LogP contribution in [0.3, 0.4) is 0 Å². The second kappa shape index (κ2) is 7.01. The Kier molecular flexibility index (Phi) is 6.78. The van der Waals surface area contributed by atoms with Gasteiger partial charge in [-0.15, -0.1) is 11.8 Å². The van der Waals surface area contributed by atoms with Crippen molar-refractivity contribution >= 4 is 11.8 Å². The van der Waals surface area contributed by atoms with Gasteiger partial charge in [0.25, 0.3) is 0 Å². The molecule has 0 radical (unpaired) electrons. The molecule has 2 nitrogen and oxygen atoms in total. The van der Waals surface area contributed by atoms with Crippen LogP contribution < -0.4 is 0 Å². The first-order chi connectivity index (χ1) is 7.74. The van der Waals surface area contributed by atoms with Crippen LogP contribution in [0, 0.1) is 11.3 Å². The molecule has 1 atom stereocenters. The molecule has 0 aromatic rings. The van der Waals surface area contributed by atoms with Crippen molar-refractivity contribution in [1.29, 1.82) is 5.26 Å². The summed E-state index contributed by atoms with van der Waals surface area (Å²) in [5.74, 6) is -4.35. The van der Waals surface area contributed by atoms with Crippen LogP contribution in [-0.2, 0) is 4.74 Å². The van der Waals surface area contributed by atoms with Gasteiger partial charge in [0.15, 0.2) is 0 Å². The molecule has 0 spiro atoms. The van der Waals surface area contributed by atoms with Gasteiger partial charge < -0.3 is 4.74 Å². The van der Waals surface area contributed by atoms with Crippen LogP contribution in [0.25, 0.3) is 0 Å². The molecule has 100 valence electrons. The molecule has 0 N–H and O–H groups in total. The molecule has 0 amide bonds. The van der Waals surface area contributed by atoms with E-state index in [1.807, 2.05) is 0 Å². The summed E-state index contributed by atoms with van der Waals surface area (Å²) in [5, 5.41) is 7.71. The lowest BCUT2D eigenvalue weighted by Crippen LogP contribution is -2.36. The molecule has 17 heavy (non-hydrogen) atoms. The molecule has 8 heteroatoms. The minimum Gasteiger partial charge on any atom is -0.384 e. The topological polar surface area (TPSA) is 33.0 Å². The highest BCUT2D eigenvalue weighted by Gasteiger charge is 2.56. The minimum absolute atomic E-state index is 0.318. The van der Waals surface area contributed by atoms with Crippen molar-refractivity contribution in [2.75, 3.05) is 19.5 Å². The molecule has 0 aliphatic carbocycles. The predicted octanol–water partition coefficient (Wildman–Crippen LogP) is 3.24. The van der Waals surface area contributed by atoms with E-state index in [4.69, 9.17) is 5.26 Å². The van der Waals surface area contributed by atoms with Crippen LogP contribution in [0.1, 0.15) is 12.8 Å². The lowest BCUT2D eigenvalue weighted by atomic mass is 10.1. The zero-order valence-electron chi connectivity index (χ0n) is 9.06. The fraction of sp³-hybridized carbons (Fsp3) is 0.889. The van der Waals surface area contributed by atoms with Gasteiger partial charge in [-0.05, 0) is 6.42 Å². The Morgan fingerprint density at radius 1 is 1.29 bits per heavy atom. The number of nitriles is 1. The summed E-state index contributed by atoms with van der Waals surface area (Å²) in [6.45, 7) is 0.318.